The normalized spacial score (nSPS) is 22.1. The van der Waals surface area contributed by atoms with E-state index < -0.39 is 34.5 Å². The molecule has 440 valence electrons. The average molecular weight is 1140 g/mol. The zero-order valence-electron chi connectivity index (χ0n) is 48.1. The molecular weight excluding hydrogens is 1070 g/mol. The molecule has 2 saturated carbocycles. The van der Waals surface area contributed by atoms with Crippen LogP contribution in [0.1, 0.15) is 137 Å². The molecule has 3 aliphatic carbocycles. The molecule has 9 nitrogen and oxygen atoms in total. The number of hydrogen-bond acceptors (Lipinski definition) is 9. The number of ether oxygens (including phenoxy) is 4. The predicted molar refractivity (Wildman–Crippen MR) is 315 cm³/mol. The molecule has 3 fully saturated rings. The molecule has 1 unspecified atom stereocenters. The van der Waals surface area contributed by atoms with E-state index in [1.54, 1.807) is 34.1 Å². The van der Waals surface area contributed by atoms with Gasteiger partial charge in [0.15, 0.2) is 5.60 Å². The Bertz CT molecular complexity index is 3340. The van der Waals surface area contributed by atoms with E-state index in [0.717, 1.165) is 55.0 Å². The zero-order valence-corrected chi connectivity index (χ0v) is 48.1. The minimum atomic E-state index is -5.13. The first-order chi connectivity index (χ1) is 39.8. The van der Waals surface area contributed by atoms with E-state index in [9.17, 15) is 23.1 Å². The van der Waals surface area contributed by atoms with Crippen LogP contribution in [0.4, 0.5) is 43.4 Å². The number of methoxy groups -OCH3 is 2. The first kappa shape index (κ1) is 57.9. The van der Waals surface area contributed by atoms with Crippen molar-refractivity contribution in [1.29, 1.82) is 0 Å². The Balaban J connectivity index is 0.896. The number of piperazine rings is 1. The molecule has 2 heterocycles. The van der Waals surface area contributed by atoms with Crippen molar-refractivity contribution in [2.24, 2.45) is 23.7 Å². The second kappa shape index (κ2) is 23.3. The molecule has 6 aromatic rings. The molecule has 1 saturated heterocycles. The highest BCUT2D eigenvalue weighted by atomic mass is 19.4. The summed E-state index contributed by atoms with van der Waals surface area (Å²) < 4.78 is 116. The molecule has 5 aliphatic rings. The van der Waals surface area contributed by atoms with E-state index in [0.29, 0.717) is 100 Å². The maximum Gasteiger partial charge on any atom is 0.416 e. The van der Waals surface area contributed by atoms with Gasteiger partial charge in [-0.3, -0.25) is 4.79 Å². The second-order valence-corrected chi connectivity index (χ2v) is 24.0. The van der Waals surface area contributed by atoms with Gasteiger partial charge in [0, 0.05) is 71.6 Å². The van der Waals surface area contributed by atoms with Crippen LogP contribution < -0.4 is 34.1 Å². The summed E-state index contributed by atoms with van der Waals surface area (Å²) in [5.74, 6) is 4.00. The summed E-state index contributed by atoms with van der Waals surface area (Å²) in [6, 6.07) is 27.3. The van der Waals surface area contributed by atoms with Crippen LogP contribution in [0.2, 0.25) is 0 Å². The monoisotopic (exact) mass is 1140 g/mol. The molecule has 2 N–H and O–H groups in total. The third kappa shape index (κ3) is 11.2. The minimum Gasteiger partial charge on any atom is -0.497 e. The van der Waals surface area contributed by atoms with Gasteiger partial charge in [-0.05, 0) is 163 Å². The molecular formula is C68H75F6N3O6. The van der Waals surface area contributed by atoms with Gasteiger partial charge in [-0.25, -0.2) is 0 Å². The average Bonchev–Trinajstić information content (AvgIpc) is 1.72. The Morgan fingerprint density at radius 2 is 1.34 bits per heavy atom. The number of halogens is 6. The quantitative estimate of drug-likeness (QED) is 0.0425. The molecule has 0 spiro atoms. The molecule has 11 rings (SSSR count). The number of anilines is 3. The molecule has 0 bridgehead atoms. The first-order valence-electron chi connectivity index (χ1n) is 29.7. The molecule has 0 radical (unpaired) electrons. The van der Waals surface area contributed by atoms with Crippen molar-refractivity contribution in [1.82, 2.24) is 0 Å². The maximum absolute atomic E-state index is 15.4. The number of aliphatic hydroxyl groups excluding tert-OH is 1. The van der Waals surface area contributed by atoms with Crippen LogP contribution >= 0.6 is 0 Å². The fourth-order valence-electron chi connectivity index (χ4n) is 14.5. The van der Waals surface area contributed by atoms with E-state index in [1.807, 2.05) is 91.0 Å². The van der Waals surface area contributed by atoms with Crippen LogP contribution in [0.5, 0.6) is 23.0 Å². The van der Waals surface area contributed by atoms with Crippen LogP contribution in [0.3, 0.4) is 0 Å². The summed E-state index contributed by atoms with van der Waals surface area (Å²) in [6.07, 6.45) is 8.08. The Morgan fingerprint density at radius 3 is 1.94 bits per heavy atom. The summed E-state index contributed by atoms with van der Waals surface area (Å²) in [7, 11) is 3.11. The van der Waals surface area contributed by atoms with Gasteiger partial charge in [-0.2, -0.15) is 26.3 Å². The fraction of sp³-hybridized carbons (Fsp3) is 0.456. The summed E-state index contributed by atoms with van der Waals surface area (Å²) in [4.78, 5) is 17.9. The SMILES string of the molecule is CCCCCC1CCC(C2CCC(C(=O)Oc3ccc(N4CCN(c5cc6c7c(c8c(c6cc5OC)OC(c5ccc(NCCO)cc5)(c5ccc(OC)cc5)C=C8)C(C)(C)c5c-7cc(C(F)(F)F)cc5C(F)(F)F)CC4)cc3)CC2)CC1. The van der Waals surface area contributed by atoms with Crippen LogP contribution in [-0.2, 0) is 28.2 Å². The number of alkyl halides is 6. The summed E-state index contributed by atoms with van der Waals surface area (Å²) in [6.45, 7) is 7.92. The van der Waals surface area contributed by atoms with E-state index in [4.69, 9.17) is 18.9 Å². The van der Waals surface area contributed by atoms with Gasteiger partial charge in [-0.15, -0.1) is 0 Å². The molecule has 0 amide bonds. The van der Waals surface area contributed by atoms with Crippen LogP contribution in [0, 0.1) is 23.7 Å². The number of nitrogens with zero attached hydrogens (tertiary/aromatic N) is 2. The molecule has 83 heavy (non-hydrogen) atoms. The lowest BCUT2D eigenvalue weighted by Crippen LogP contribution is -2.46. The lowest BCUT2D eigenvalue weighted by atomic mass is 9.68. The van der Waals surface area contributed by atoms with Gasteiger partial charge in [0.05, 0.1) is 43.6 Å². The highest BCUT2D eigenvalue weighted by Crippen LogP contribution is 2.62. The Kier molecular flexibility index (Phi) is 16.3. The van der Waals surface area contributed by atoms with Crippen molar-refractivity contribution in [3.8, 4) is 34.1 Å². The van der Waals surface area contributed by atoms with Crippen molar-refractivity contribution >= 4 is 39.9 Å². The lowest BCUT2D eigenvalue weighted by Gasteiger charge is -2.39. The van der Waals surface area contributed by atoms with Crippen molar-refractivity contribution in [3.05, 3.63) is 142 Å². The van der Waals surface area contributed by atoms with Crippen LogP contribution in [0.25, 0.3) is 28.0 Å². The van der Waals surface area contributed by atoms with Crippen molar-refractivity contribution in [2.45, 2.75) is 121 Å². The number of esters is 1. The van der Waals surface area contributed by atoms with Crippen LogP contribution in [0.15, 0.2) is 103 Å². The highest BCUT2D eigenvalue weighted by Gasteiger charge is 2.51. The van der Waals surface area contributed by atoms with Crippen molar-refractivity contribution in [2.75, 3.05) is 68.7 Å². The number of hydrogen-bond donors (Lipinski definition) is 2. The standard InChI is InChI=1S/C68H75F6N3O6/c1-6-7-8-9-42-10-12-43(13-11-42)44-14-16-45(17-15-44)64(79)82-52-28-24-50(25-29-52)76-33-35-77(36-34-76)58-40-54-55(41-59(58)81-5)63-53(62-60(54)56-38-48(67(69,70)71)39-57(68(72,73)74)61(56)65(62,2)3)30-31-66(83-63,47-20-26-51(80-4)27-21-47)46-18-22-49(23-19-46)75-32-37-78/h18-31,38-45,75,78H,6-17,32-37H2,1-5H3. The van der Waals surface area contributed by atoms with Crippen molar-refractivity contribution in [3.63, 3.8) is 0 Å². The van der Waals surface area contributed by atoms with E-state index in [-0.39, 0.29) is 41.3 Å². The molecule has 6 aromatic carbocycles. The number of unbranched alkanes of at least 4 members (excludes halogenated alkanes) is 2. The smallest absolute Gasteiger partial charge is 0.416 e. The van der Waals surface area contributed by atoms with Gasteiger partial charge in [0.1, 0.15) is 23.0 Å². The molecule has 1 atom stereocenters. The number of fused-ring (bicyclic) bond motifs is 8. The number of benzene rings is 6. The van der Waals surface area contributed by atoms with Crippen molar-refractivity contribution < 1.29 is 55.2 Å². The van der Waals surface area contributed by atoms with Crippen LogP contribution in [-0.4, -0.2) is 64.6 Å². The molecule has 15 heteroatoms. The van der Waals surface area contributed by atoms with E-state index >= 15 is 13.2 Å². The van der Waals surface area contributed by atoms with Gasteiger partial charge < -0.3 is 39.2 Å². The second-order valence-electron chi connectivity index (χ2n) is 24.0. The number of carbonyl (C=O) groups is 1. The summed E-state index contributed by atoms with van der Waals surface area (Å²) >= 11 is 0. The Labute approximate surface area is 483 Å². The maximum atomic E-state index is 15.4. The summed E-state index contributed by atoms with van der Waals surface area (Å²) in [5, 5.41) is 13.5. The third-order valence-corrected chi connectivity index (χ3v) is 18.8. The third-order valence-electron chi connectivity index (χ3n) is 18.8. The van der Waals surface area contributed by atoms with Gasteiger partial charge in [0.2, 0.25) is 0 Å². The number of nitrogens with one attached hydrogen (secondary N) is 1. The number of carbonyl (C=O) groups excluding carboxylic acids is 1. The lowest BCUT2D eigenvalue weighted by molar-refractivity contribution is -0.144. The zero-order chi connectivity index (χ0) is 58.4. The molecule has 2 aliphatic heterocycles. The largest absolute Gasteiger partial charge is 0.497 e. The predicted octanol–water partition coefficient (Wildman–Crippen LogP) is 16.4. The Hall–Kier alpha value is -6.87. The Morgan fingerprint density at radius 1 is 0.711 bits per heavy atom. The molecule has 0 aromatic heterocycles. The topological polar surface area (TPSA) is 92.7 Å². The van der Waals surface area contributed by atoms with Gasteiger partial charge >= 0.3 is 18.3 Å². The van der Waals surface area contributed by atoms with Gasteiger partial charge in [-0.1, -0.05) is 89.6 Å². The van der Waals surface area contributed by atoms with Gasteiger partial charge in [0.25, 0.3) is 0 Å². The van der Waals surface area contributed by atoms with E-state index in [1.165, 1.54) is 51.4 Å². The fourth-order valence-corrected chi connectivity index (χ4v) is 14.5. The number of aliphatic hydroxyl groups is 1. The van der Waals surface area contributed by atoms with E-state index in [2.05, 4.69) is 22.0 Å². The summed E-state index contributed by atoms with van der Waals surface area (Å²) in [5.41, 5.74) is -1.10. The first-order valence-corrected chi connectivity index (χ1v) is 29.7. The highest BCUT2D eigenvalue weighted by molar-refractivity contribution is 6.10. The minimum absolute atomic E-state index is 0.0724. The number of rotatable bonds is 16.